The SMILES string of the molecule is O=C1c2ccccc2NC(c2cnn(-c3ccccc3)c2)N1c1ccc(F)cc1. The van der Waals surface area contributed by atoms with Crippen molar-refractivity contribution in [3.63, 3.8) is 0 Å². The van der Waals surface area contributed by atoms with Crippen LogP contribution in [0.5, 0.6) is 0 Å². The topological polar surface area (TPSA) is 50.2 Å². The Kier molecular flexibility index (Phi) is 4.09. The lowest BCUT2D eigenvalue weighted by atomic mass is 10.0. The lowest BCUT2D eigenvalue weighted by molar-refractivity contribution is 0.0975. The van der Waals surface area contributed by atoms with E-state index in [1.165, 1.54) is 12.1 Å². The summed E-state index contributed by atoms with van der Waals surface area (Å²) in [6, 6.07) is 23.1. The first-order valence-corrected chi connectivity index (χ1v) is 9.25. The smallest absolute Gasteiger partial charge is 0.262 e. The number of anilines is 2. The predicted molar refractivity (Wildman–Crippen MR) is 110 cm³/mol. The minimum absolute atomic E-state index is 0.150. The number of nitrogens with zero attached hydrogens (tertiary/aromatic N) is 3. The molecule has 5 rings (SSSR count). The molecule has 0 saturated heterocycles. The highest BCUT2D eigenvalue weighted by atomic mass is 19.1. The highest BCUT2D eigenvalue weighted by Crippen LogP contribution is 2.36. The second-order valence-electron chi connectivity index (χ2n) is 6.80. The Morgan fingerprint density at radius 1 is 0.862 bits per heavy atom. The molecule has 1 N–H and O–H groups in total. The van der Waals surface area contributed by atoms with Crippen molar-refractivity contribution in [1.82, 2.24) is 9.78 Å². The number of carbonyl (C=O) groups is 1. The van der Waals surface area contributed by atoms with Gasteiger partial charge in [-0.25, -0.2) is 9.07 Å². The highest BCUT2D eigenvalue weighted by Gasteiger charge is 2.34. The first-order valence-electron chi connectivity index (χ1n) is 9.25. The van der Waals surface area contributed by atoms with Gasteiger partial charge in [0.25, 0.3) is 5.91 Å². The van der Waals surface area contributed by atoms with E-state index < -0.39 is 6.17 Å². The van der Waals surface area contributed by atoms with Gasteiger partial charge in [0.05, 0.1) is 17.4 Å². The van der Waals surface area contributed by atoms with Gasteiger partial charge in [0, 0.05) is 23.1 Å². The Bertz CT molecular complexity index is 1170. The Morgan fingerprint density at radius 3 is 2.38 bits per heavy atom. The van der Waals surface area contributed by atoms with E-state index in [9.17, 15) is 9.18 Å². The van der Waals surface area contributed by atoms with E-state index in [2.05, 4.69) is 10.4 Å². The number of fused-ring (bicyclic) bond motifs is 1. The van der Waals surface area contributed by atoms with Crippen molar-refractivity contribution >= 4 is 17.3 Å². The van der Waals surface area contributed by atoms with E-state index >= 15 is 0 Å². The summed E-state index contributed by atoms with van der Waals surface area (Å²) >= 11 is 0. The average molecular weight is 384 g/mol. The van der Waals surface area contributed by atoms with Crippen molar-refractivity contribution in [3.8, 4) is 5.69 Å². The normalized spacial score (nSPS) is 15.7. The van der Waals surface area contributed by atoms with Crippen LogP contribution in [0.1, 0.15) is 22.1 Å². The van der Waals surface area contributed by atoms with Gasteiger partial charge in [0.1, 0.15) is 12.0 Å². The van der Waals surface area contributed by atoms with Crippen LogP contribution in [-0.4, -0.2) is 15.7 Å². The second-order valence-corrected chi connectivity index (χ2v) is 6.80. The van der Waals surface area contributed by atoms with Crippen molar-refractivity contribution in [2.45, 2.75) is 6.17 Å². The highest BCUT2D eigenvalue weighted by molar-refractivity contribution is 6.12. The largest absolute Gasteiger partial charge is 0.360 e. The van der Waals surface area contributed by atoms with Crippen LogP contribution >= 0.6 is 0 Å². The van der Waals surface area contributed by atoms with Crippen LogP contribution < -0.4 is 10.2 Å². The molecule has 0 saturated carbocycles. The maximum Gasteiger partial charge on any atom is 0.262 e. The van der Waals surface area contributed by atoms with E-state index in [-0.39, 0.29) is 11.7 Å². The van der Waals surface area contributed by atoms with Gasteiger partial charge in [0.2, 0.25) is 0 Å². The summed E-state index contributed by atoms with van der Waals surface area (Å²) in [7, 11) is 0. The molecule has 0 bridgehead atoms. The minimum atomic E-state index is -0.472. The fourth-order valence-corrected chi connectivity index (χ4v) is 3.55. The Balaban J connectivity index is 1.60. The molecular formula is C23H17FN4O. The monoisotopic (exact) mass is 384 g/mol. The summed E-state index contributed by atoms with van der Waals surface area (Å²) in [6.45, 7) is 0. The molecule has 0 aliphatic carbocycles. The first-order chi connectivity index (χ1) is 14.2. The van der Waals surface area contributed by atoms with Crippen molar-refractivity contribution < 1.29 is 9.18 Å². The molecule has 5 nitrogen and oxygen atoms in total. The summed E-state index contributed by atoms with van der Waals surface area (Å²) in [5.74, 6) is -0.497. The van der Waals surface area contributed by atoms with Crippen molar-refractivity contribution in [2.75, 3.05) is 10.2 Å². The van der Waals surface area contributed by atoms with Crippen LogP contribution in [0, 0.1) is 5.82 Å². The quantitative estimate of drug-likeness (QED) is 0.553. The number of para-hydroxylation sites is 2. The van der Waals surface area contributed by atoms with Gasteiger partial charge < -0.3 is 5.32 Å². The second kappa shape index (κ2) is 6.91. The molecule has 1 atom stereocenters. The molecule has 2 heterocycles. The molecule has 1 aromatic heterocycles. The van der Waals surface area contributed by atoms with Gasteiger partial charge in [-0.05, 0) is 48.5 Å². The molecule has 29 heavy (non-hydrogen) atoms. The zero-order valence-corrected chi connectivity index (χ0v) is 15.4. The third-order valence-corrected chi connectivity index (χ3v) is 4.97. The lowest BCUT2D eigenvalue weighted by Crippen LogP contribution is -2.43. The van der Waals surface area contributed by atoms with Crippen LogP contribution in [0.4, 0.5) is 15.8 Å². The van der Waals surface area contributed by atoms with Gasteiger partial charge in [-0.2, -0.15) is 5.10 Å². The molecule has 0 fully saturated rings. The summed E-state index contributed by atoms with van der Waals surface area (Å²) in [5, 5.41) is 7.89. The molecular weight excluding hydrogens is 367 g/mol. The van der Waals surface area contributed by atoms with E-state index in [4.69, 9.17) is 0 Å². The van der Waals surface area contributed by atoms with Crippen molar-refractivity contribution in [2.24, 2.45) is 0 Å². The number of hydrogen-bond donors (Lipinski definition) is 1. The molecule has 0 spiro atoms. The molecule has 4 aromatic rings. The van der Waals surface area contributed by atoms with Crippen LogP contribution in [-0.2, 0) is 0 Å². The number of rotatable bonds is 3. The van der Waals surface area contributed by atoms with E-state index in [0.29, 0.717) is 11.3 Å². The van der Waals surface area contributed by atoms with Gasteiger partial charge in [-0.1, -0.05) is 30.3 Å². The Morgan fingerprint density at radius 2 is 1.59 bits per heavy atom. The average Bonchev–Trinajstić information content (AvgIpc) is 3.25. The van der Waals surface area contributed by atoms with Crippen LogP contribution in [0.3, 0.4) is 0 Å². The third kappa shape index (κ3) is 3.04. The van der Waals surface area contributed by atoms with E-state index in [1.54, 1.807) is 34.0 Å². The van der Waals surface area contributed by atoms with E-state index in [0.717, 1.165) is 16.9 Å². The summed E-state index contributed by atoms with van der Waals surface area (Å²) in [4.78, 5) is 15.0. The molecule has 142 valence electrons. The Hall–Kier alpha value is -3.93. The van der Waals surface area contributed by atoms with Gasteiger partial charge in [0.15, 0.2) is 0 Å². The van der Waals surface area contributed by atoms with Gasteiger partial charge in [-0.3, -0.25) is 9.69 Å². The predicted octanol–water partition coefficient (Wildman–Crippen LogP) is 4.78. The standard InChI is InChI=1S/C23H17FN4O/c24-17-10-12-19(13-11-17)28-22(26-21-9-5-4-8-20(21)23(28)29)16-14-25-27(15-16)18-6-2-1-3-7-18/h1-15,22,26H. The molecule has 1 aliphatic rings. The fourth-order valence-electron chi connectivity index (χ4n) is 3.55. The third-order valence-electron chi connectivity index (χ3n) is 4.97. The number of benzene rings is 3. The number of nitrogens with one attached hydrogen (secondary N) is 1. The molecule has 0 radical (unpaired) electrons. The number of amides is 1. The fraction of sp³-hybridized carbons (Fsp3) is 0.0435. The van der Waals surface area contributed by atoms with Crippen molar-refractivity contribution in [3.05, 3.63) is 108 Å². The van der Waals surface area contributed by atoms with Crippen LogP contribution in [0.15, 0.2) is 91.3 Å². The summed E-state index contributed by atoms with van der Waals surface area (Å²) < 4.78 is 15.2. The van der Waals surface area contributed by atoms with E-state index in [1.807, 2.05) is 54.7 Å². The maximum atomic E-state index is 13.5. The van der Waals surface area contributed by atoms with Gasteiger partial charge >= 0.3 is 0 Å². The Labute approximate surface area is 167 Å². The molecule has 1 amide bonds. The first kappa shape index (κ1) is 17.2. The summed E-state index contributed by atoms with van der Waals surface area (Å²) in [5.41, 5.74) is 3.68. The molecule has 3 aromatic carbocycles. The molecule has 1 aliphatic heterocycles. The lowest BCUT2D eigenvalue weighted by Gasteiger charge is -2.37. The number of carbonyl (C=O) groups excluding carboxylic acids is 1. The zero-order chi connectivity index (χ0) is 19.8. The maximum absolute atomic E-state index is 13.5. The zero-order valence-electron chi connectivity index (χ0n) is 15.4. The molecule has 1 unspecified atom stereocenters. The number of hydrogen-bond acceptors (Lipinski definition) is 3. The van der Waals surface area contributed by atoms with Gasteiger partial charge in [-0.15, -0.1) is 0 Å². The number of halogens is 1. The molecule has 6 heteroatoms. The van der Waals surface area contributed by atoms with Crippen LogP contribution in [0.2, 0.25) is 0 Å². The summed E-state index contributed by atoms with van der Waals surface area (Å²) in [6.07, 6.45) is 3.16. The van der Waals surface area contributed by atoms with Crippen molar-refractivity contribution in [1.29, 1.82) is 0 Å². The van der Waals surface area contributed by atoms with Crippen LogP contribution in [0.25, 0.3) is 5.69 Å². The minimum Gasteiger partial charge on any atom is -0.360 e. The number of aromatic nitrogens is 2.